The fourth-order valence-electron chi connectivity index (χ4n) is 2.79. The van der Waals surface area contributed by atoms with Gasteiger partial charge in [0.2, 0.25) is 0 Å². The monoisotopic (exact) mass is 334 g/mol. The second-order valence-corrected chi connectivity index (χ2v) is 7.20. The van der Waals surface area contributed by atoms with Crippen LogP contribution >= 0.6 is 0 Å². The molecule has 23 heavy (non-hydrogen) atoms. The van der Waals surface area contributed by atoms with Crippen molar-refractivity contribution in [2.75, 3.05) is 4.31 Å². The fraction of sp³-hybridized carbons (Fsp3) is 0.333. The van der Waals surface area contributed by atoms with Crippen molar-refractivity contribution in [3.63, 3.8) is 0 Å². The number of anilines is 1. The van der Waals surface area contributed by atoms with E-state index in [0.29, 0.717) is 12.1 Å². The first kappa shape index (κ1) is 15.5. The average Bonchev–Trinajstić information content (AvgIpc) is 2.93. The average molecular weight is 334 g/mol. The van der Waals surface area contributed by atoms with E-state index in [-0.39, 0.29) is 11.6 Å². The van der Waals surface area contributed by atoms with E-state index < -0.39 is 16.1 Å². The van der Waals surface area contributed by atoms with Crippen LogP contribution in [0.3, 0.4) is 0 Å². The van der Waals surface area contributed by atoms with Crippen LogP contribution in [0.15, 0.2) is 36.7 Å². The van der Waals surface area contributed by atoms with Crippen molar-refractivity contribution in [2.45, 2.75) is 25.8 Å². The van der Waals surface area contributed by atoms with Gasteiger partial charge in [0.25, 0.3) is 5.91 Å². The SMILES string of the molecule is CC1CCc2ccccc2N1S(=O)(=O)NC(=O)c1cnn(C)c1. The summed E-state index contributed by atoms with van der Waals surface area (Å²) < 4.78 is 30.3. The topological polar surface area (TPSA) is 84.3 Å². The van der Waals surface area contributed by atoms with Crippen LogP contribution in [-0.4, -0.2) is 30.1 Å². The van der Waals surface area contributed by atoms with E-state index in [1.54, 1.807) is 19.2 Å². The molecule has 0 bridgehead atoms. The number of benzene rings is 1. The highest BCUT2D eigenvalue weighted by Crippen LogP contribution is 2.32. The summed E-state index contributed by atoms with van der Waals surface area (Å²) in [5.74, 6) is -0.687. The van der Waals surface area contributed by atoms with Gasteiger partial charge in [0.1, 0.15) is 0 Å². The molecule has 1 aliphatic rings. The molecule has 1 N–H and O–H groups in total. The third kappa shape index (κ3) is 2.94. The normalized spacial score (nSPS) is 17.7. The van der Waals surface area contributed by atoms with Crippen LogP contribution in [-0.2, 0) is 23.7 Å². The second-order valence-electron chi connectivity index (χ2n) is 5.65. The van der Waals surface area contributed by atoms with Crippen LogP contribution in [0.2, 0.25) is 0 Å². The maximum Gasteiger partial charge on any atom is 0.326 e. The summed E-state index contributed by atoms with van der Waals surface area (Å²) in [6.07, 6.45) is 4.33. The number of hydrogen-bond acceptors (Lipinski definition) is 4. The Morgan fingerprint density at radius 2 is 2.09 bits per heavy atom. The van der Waals surface area contributed by atoms with Crippen LogP contribution in [0.25, 0.3) is 0 Å². The zero-order valence-corrected chi connectivity index (χ0v) is 13.7. The minimum Gasteiger partial charge on any atom is -0.275 e. The van der Waals surface area contributed by atoms with Gasteiger partial charge in [0, 0.05) is 19.3 Å². The Balaban J connectivity index is 1.92. The molecule has 1 aliphatic heterocycles. The molecule has 1 aromatic carbocycles. The van der Waals surface area contributed by atoms with E-state index in [2.05, 4.69) is 9.82 Å². The number of hydrogen-bond donors (Lipinski definition) is 1. The fourth-order valence-corrected chi connectivity index (χ4v) is 4.25. The molecule has 0 saturated heterocycles. The lowest BCUT2D eigenvalue weighted by Crippen LogP contribution is -2.49. The van der Waals surface area contributed by atoms with Gasteiger partial charge >= 0.3 is 10.2 Å². The number of aromatic nitrogens is 2. The van der Waals surface area contributed by atoms with E-state index in [4.69, 9.17) is 0 Å². The molecule has 0 fully saturated rings. The first-order valence-corrected chi connectivity index (χ1v) is 8.75. The van der Waals surface area contributed by atoms with Crippen molar-refractivity contribution in [2.24, 2.45) is 7.05 Å². The first-order chi connectivity index (χ1) is 10.9. The van der Waals surface area contributed by atoms with Gasteiger partial charge in [-0.1, -0.05) is 18.2 Å². The summed E-state index contributed by atoms with van der Waals surface area (Å²) >= 11 is 0. The lowest BCUT2D eigenvalue weighted by Gasteiger charge is -2.35. The minimum absolute atomic E-state index is 0.203. The smallest absolute Gasteiger partial charge is 0.275 e. The maximum atomic E-state index is 12.7. The number of nitrogens with one attached hydrogen (secondary N) is 1. The predicted molar refractivity (Wildman–Crippen MR) is 86.3 cm³/mol. The van der Waals surface area contributed by atoms with Gasteiger partial charge in [0.15, 0.2) is 0 Å². The molecule has 2 aromatic rings. The number of amides is 1. The first-order valence-electron chi connectivity index (χ1n) is 7.31. The van der Waals surface area contributed by atoms with Crippen molar-refractivity contribution in [3.05, 3.63) is 47.8 Å². The predicted octanol–water partition coefficient (Wildman–Crippen LogP) is 1.24. The van der Waals surface area contributed by atoms with Crippen LogP contribution in [0.5, 0.6) is 0 Å². The molecule has 0 spiro atoms. The van der Waals surface area contributed by atoms with Crippen molar-refractivity contribution < 1.29 is 13.2 Å². The number of rotatable bonds is 3. The number of carbonyl (C=O) groups excluding carboxylic acids is 1. The van der Waals surface area contributed by atoms with E-state index in [1.165, 1.54) is 21.4 Å². The number of para-hydroxylation sites is 1. The largest absolute Gasteiger partial charge is 0.326 e. The third-order valence-electron chi connectivity index (χ3n) is 3.91. The van der Waals surface area contributed by atoms with Gasteiger partial charge in [-0.05, 0) is 31.4 Å². The van der Waals surface area contributed by atoms with Gasteiger partial charge in [-0.2, -0.15) is 13.5 Å². The van der Waals surface area contributed by atoms with Gasteiger partial charge in [0.05, 0.1) is 17.4 Å². The Morgan fingerprint density at radius 3 is 2.78 bits per heavy atom. The molecule has 0 saturated carbocycles. The molecular formula is C15H18N4O3S. The summed E-state index contributed by atoms with van der Waals surface area (Å²) in [6.45, 7) is 1.84. The van der Waals surface area contributed by atoms with E-state index in [9.17, 15) is 13.2 Å². The molecule has 1 unspecified atom stereocenters. The van der Waals surface area contributed by atoms with Crippen molar-refractivity contribution in [3.8, 4) is 0 Å². The molecule has 0 aliphatic carbocycles. The highest BCUT2D eigenvalue weighted by Gasteiger charge is 2.33. The van der Waals surface area contributed by atoms with Gasteiger partial charge in [-0.15, -0.1) is 0 Å². The number of nitrogens with zero attached hydrogens (tertiary/aromatic N) is 3. The molecule has 1 amide bonds. The molecule has 7 nitrogen and oxygen atoms in total. The minimum atomic E-state index is -3.99. The van der Waals surface area contributed by atoms with E-state index >= 15 is 0 Å². The Bertz CT molecular complexity index is 844. The zero-order chi connectivity index (χ0) is 16.6. The number of fused-ring (bicyclic) bond motifs is 1. The van der Waals surface area contributed by atoms with Crippen LogP contribution in [0.1, 0.15) is 29.3 Å². The Labute approximate surface area is 135 Å². The van der Waals surface area contributed by atoms with Gasteiger partial charge in [-0.3, -0.25) is 13.8 Å². The molecule has 1 atom stereocenters. The van der Waals surface area contributed by atoms with Crippen molar-refractivity contribution in [1.29, 1.82) is 0 Å². The molecule has 122 valence electrons. The molecule has 8 heteroatoms. The van der Waals surface area contributed by atoms with E-state index in [1.807, 2.05) is 19.1 Å². The van der Waals surface area contributed by atoms with Crippen LogP contribution in [0.4, 0.5) is 5.69 Å². The molecule has 1 aromatic heterocycles. The standard InChI is InChI=1S/C15H18N4O3S/c1-11-7-8-12-5-3-4-6-14(12)19(11)23(21,22)17-15(20)13-9-16-18(2)10-13/h3-6,9-11H,7-8H2,1-2H3,(H,17,20). The quantitative estimate of drug-likeness (QED) is 0.915. The third-order valence-corrected chi connectivity index (χ3v) is 5.43. The Kier molecular flexibility index (Phi) is 3.85. The van der Waals surface area contributed by atoms with Gasteiger partial charge in [-0.25, -0.2) is 4.72 Å². The van der Waals surface area contributed by atoms with Crippen LogP contribution in [0, 0.1) is 0 Å². The van der Waals surface area contributed by atoms with Crippen LogP contribution < -0.4 is 9.03 Å². The summed E-state index contributed by atoms with van der Waals surface area (Å²) in [5, 5.41) is 3.88. The van der Waals surface area contributed by atoms with Gasteiger partial charge < -0.3 is 0 Å². The van der Waals surface area contributed by atoms with E-state index in [0.717, 1.165) is 12.0 Å². The number of aryl methyl sites for hydroxylation is 2. The highest BCUT2D eigenvalue weighted by molar-refractivity contribution is 7.91. The summed E-state index contributed by atoms with van der Waals surface area (Å²) in [5.41, 5.74) is 1.79. The van der Waals surface area contributed by atoms with Crippen molar-refractivity contribution in [1.82, 2.24) is 14.5 Å². The summed E-state index contributed by atoms with van der Waals surface area (Å²) in [4.78, 5) is 12.2. The zero-order valence-electron chi connectivity index (χ0n) is 12.9. The highest BCUT2D eigenvalue weighted by atomic mass is 32.2. The summed E-state index contributed by atoms with van der Waals surface area (Å²) in [7, 11) is -2.33. The Hall–Kier alpha value is -2.35. The Morgan fingerprint density at radius 1 is 1.35 bits per heavy atom. The molecule has 2 heterocycles. The molecular weight excluding hydrogens is 316 g/mol. The lowest BCUT2D eigenvalue weighted by atomic mass is 9.99. The molecule has 0 radical (unpaired) electrons. The van der Waals surface area contributed by atoms with Crippen molar-refractivity contribution >= 4 is 21.8 Å². The maximum absolute atomic E-state index is 12.7. The molecule has 3 rings (SSSR count). The number of carbonyl (C=O) groups is 1. The summed E-state index contributed by atoms with van der Waals surface area (Å²) in [6, 6.07) is 7.13. The lowest BCUT2D eigenvalue weighted by molar-refractivity contribution is 0.0981. The second kappa shape index (κ2) is 5.69.